The van der Waals surface area contributed by atoms with Crippen molar-refractivity contribution in [2.45, 2.75) is 25.7 Å². The number of esters is 2. The fourth-order valence-corrected chi connectivity index (χ4v) is 3.47. The lowest BCUT2D eigenvalue weighted by Crippen LogP contribution is -2.04. The molecular weight excluding hydrogens is 532 g/mol. The van der Waals surface area contributed by atoms with E-state index in [9.17, 15) is 9.59 Å². The minimum atomic E-state index is -0.405. The average Bonchev–Trinajstić information content (AvgIpc) is 3.03. The van der Waals surface area contributed by atoms with Crippen LogP contribution in [0.2, 0.25) is 0 Å². The number of benzene rings is 3. The second-order valence-electron chi connectivity index (χ2n) is 9.03. The molecule has 3 aromatic rings. The van der Waals surface area contributed by atoms with Crippen LogP contribution in [0.5, 0.6) is 11.5 Å². The molecule has 8 nitrogen and oxygen atoms in total. The van der Waals surface area contributed by atoms with E-state index in [1.807, 2.05) is 85.2 Å². The first-order valence-electron chi connectivity index (χ1n) is 13.8. The largest absolute Gasteiger partial charge is 0.494 e. The maximum atomic E-state index is 11.0. The molecular formula is C34H36N2O6. The van der Waals surface area contributed by atoms with Crippen LogP contribution in [0.15, 0.2) is 108 Å². The van der Waals surface area contributed by atoms with Gasteiger partial charge in [0.2, 0.25) is 0 Å². The standard InChI is InChI=1S/C34H36N2O6/c1-3-33(37)41-23-7-5-21-39-31-17-13-29(14-18-31)35-25-27-9-11-28(12-10-27)26-36-30-15-19-32(20-16-30)40-22-6-8-24-42-34(38)4-2/h3-4,9-20,25-26H,1-2,5-8,21-24H2. The molecule has 0 radical (unpaired) electrons. The van der Waals surface area contributed by atoms with Crippen molar-refractivity contribution in [2.24, 2.45) is 9.98 Å². The zero-order valence-corrected chi connectivity index (χ0v) is 23.7. The average molecular weight is 569 g/mol. The number of aliphatic imine (C=N–C) groups is 2. The summed E-state index contributed by atoms with van der Waals surface area (Å²) in [5, 5.41) is 0. The van der Waals surface area contributed by atoms with E-state index in [1.54, 1.807) is 0 Å². The molecule has 0 bridgehead atoms. The molecule has 0 fully saturated rings. The highest BCUT2D eigenvalue weighted by Crippen LogP contribution is 2.20. The number of hydrogen-bond acceptors (Lipinski definition) is 8. The van der Waals surface area contributed by atoms with Crippen LogP contribution in [0.1, 0.15) is 36.8 Å². The third-order valence-corrected chi connectivity index (χ3v) is 5.77. The number of hydrogen-bond donors (Lipinski definition) is 0. The first kappa shape index (κ1) is 31.5. The van der Waals surface area contributed by atoms with E-state index < -0.39 is 11.9 Å². The highest BCUT2D eigenvalue weighted by molar-refractivity contribution is 5.86. The van der Waals surface area contributed by atoms with Crippen molar-refractivity contribution in [3.05, 3.63) is 109 Å². The second kappa shape index (κ2) is 18.4. The summed E-state index contributed by atoms with van der Waals surface area (Å²) in [5.41, 5.74) is 3.60. The molecule has 0 aliphatic rings. The number of carbonyl (C=O) groups is 2. The van der Waals surface area contributed by atoms with Gasteiger partial charge >= 0.3 is 11.9 Å². The first-order chi connectivity index (χ1) is 20.6. The summed E-state index contributed by atoms with van der Waals surface area (Å²) in [5.74, 6) is 0.725. The summed E-state index contributed by atoms with van der Waals surface area (Å²) in [4.78, 5) is 31.1. The molecule has 218 valence electrons. The van der Waals surface area contributed by atoms with Gasteiger partial charge in [0.1, 0.15) is 11.5 Å². The molecule has 0 atom stereocenters. The normalized spacial score (nSPS) is 10.9. The summed E-state index contributed by atoms with van der Waals surface area (Å²) in [6, 6.07) is 23.1. The Kier molecular flexibility index (Phi) is 13.8. The van der Waals surface area contributed by atoms with Crippen LogP contribution < -0.4 is 9.47 Å². The molecule has 0 amide bonds. The van der Waals surface area contributed by atoms with E-state index in [2.05, 4.69) is 23.1 Å². The summed E-state index contributed by atoms with van der Waals surface area (Å²) in [6.45, 7) is 8.54. The van der Waals surface area contributed by atoms with E-state index in [-0.39, 0.29) is 0 Å². The van der Waals surface area contributed by atoms with Crippen LogP contribution in [0.25, 0.3) is 0 Å². The van der Waals surface area contributed by atoms with Gasteiger partial charge in [-0.3, -0.25) is 9.98 Å². The fraction of sp³-hybridized carbons (Fsp3) is 0.235. The van der Waals surface area contributed by atoms with Gasteiger partial charge in [-0.1, -0.05) is 37.4 Å². The van der Waals surface area contributed by atoms with Gasteiger partial charge in [-0.25, -0.2) is 9.59 Å². The van der Waals surface area contributed by atoms with E-state index in [1.165, 1.54) is 0 Å². The second-order valence-corrected chi connectivity index (χ2v) is 9.03. The Balaban J connectivity index is 1.36. The van der Waals surface area contributed by atoms with Gasteiger partial charge < -0.3 is 18.9 Å². The summed E-state index contributed by atoms with van der Waals surface area (Å²) >= 11 is 0. The van der Waals surface area contributed by atoms with Gasteiger partial charge in [0.15, 0.2) is 0 Å². The molecule has 0 N–H and O–H groups in total. The zero-order valence-electron chi connectivity index (χ0n) is 23.7. The zero-order chi connectivity index (χ0) is 29.8. The van der Waals surface area contributed by atoms with E-state index in [0.29, 0.717) is 26.4 Å². The van der Waals surface area contributed by atoms with Crippen LogP contribution in [-0.4, -0.2) is 50.8 Å². The predicted molar refractivity (Wildman–Crippen MR) is 166 cm³/mol. The predicted octanol–water partition coefficient (Wildman–Crippen LogP) is 6.96. The number of rotatable bonds is 18. The number of ether oxygens (including phenoxy) is 4. The van der Waals surface area contributed by atoms with E-state index in [4.69, 9.17) is 18.9 Å². The van der Waals surface area contributed by atoms with Crippen molar-refractivity contribution in [1.82, 2.24) is 0 Å². The summed E-state index contributed by atoms with van der Waals surface area (Å²) in [6.07, 6.45) is 8.98. The molecule has 42 heavy (non-hydrogen) atoms. The van der Waals surface area contributed by atoms with Gasteiger partial charge in [0.05, 0.1) is 37.8 Å². The summed E-state index contributed by atoms with van der Waals surface area (Å²) in [7, 11) is 0. The smallest absolute Gasteiger partial charge is 0.330 e. The van der Waals surface area contributed by atoms with Crippen LogP contribution in [-0.2, 0) is 19.1 Å². The number of nitrogens with zero attached hydrogens (tertiary/aromatic N) is 2. The topological polar surface area (TPSA) is 95.8 Å². The minimum Gasteiger partial charge on any atom is -0.494 e. The molecule has 0 saturated carbocycles. The van der Waals surface area contributed by atoms with Crippen molar-refractivity contribution in [3.8, 4) is 11.5 Å². The van der Waals surface area contributed by atoms with E-state index in [0.717, 1.165) is 71.8 Å². The van der Waals surface area contributed by atoms with Gasteiger partial charge in [0, 0.05) is 24.6 Å². The summed E-state index contributed by atoms with van der Waals surface area (Å²) < 4.78 is 21.3. The highest BCUT2D eigenvalue weighted by Gasteiger charge is 1.99. The Bertz CT molecular complexity index is 1230. The first-order valence-corrected chi connectivity index (χ1v) is 13.8. The lowest BCUT2D eigenvalue weighted by atomic mass is 10.1. The monoisotopic (exact) mass is 568 g/mol. The van der Waals surface area contributed by atoms with Crippen LogP contribution in [0.4, 0.5) is 11.4 Å². The van der Waals surface area contributed by atoms with Crippen molar-refractivity contribution < 1.29 is 28.5 Å². The van der Waals surface area contributed by atoms with Gasteiger partial charge in [0.25, 0.3) is 0 Å². The molecule has 0 saturated heterocycles. The third-order valence-electron chi connectivity index (χ3n) is 5.77. The van der Waals surface area contributed by atoms with Gasteiger partial charge in [-0.2, -0.15) is 0 Å². The quantitative estimate of drug-likeness (QED) is 0.0712. The Morgan fingerprint density at radius 3 is 1.26 bits per heavy atom. The maximum absolute atomic E-state index is 11.0. The Hall–Kier alpha value is -4.98. The molecule has 3 aromatic carbocycles. The van der Waals surface area contributed by atoms with Gasteiger partial charge in [-0.05, 0) is 85.3 Å². The lowest BCUT2D eigenvalue weighted by Gasteiger charge is -2.06. The Morgan fingerprint density at radius 1 is 0.548 bits per heavy atom. The number of unbranched alkanes of at least 4 members (excludes halogenated alkanes) is 2. The molecule has 0 aliphatic carbocycles. The highest BCUT2D eigenvalue weighted by atomic mass is 16.5. The molecule has 0 aliphatic heterocycles. The molecule has 8 heteroatoms. The number of carbonyl (C=O) groups excluding carboxylic acids is 2. The van der Waals surface area contributed by atoms with Crippen LogP contribution in [0.3, 0.4) is 0 Å². The molecule has 0 spiro atoms. The van der Waals surface area contributed by atoms with Crippen molar-refractivity contribution in [2.75, 3.05) is 26.4 Å². The molecule has 0 heterocycles. The third kappa shape index (κ3) is 12.5. The Labute approximate surface area is 247 Å². The Morgan fingerprint density at radius 2 is 0.905 bits per heavy atom. The fourth-order valence-electron chi connectivity index (χ4n) is 3.47. The molecule has 3 rings (SSSR count). The van der Waals surface area contributed by atoms with Crippen LogP contribution >= 0.6 is 0 Å². The minimum absolute atomic E-state index is 0.363. The SMILES string of the molecule is C=CC(=O)OCCCCOc1ccc(N=Cc2ccc(C=Nc3ccc(OCCCCOC(=O)C=C)cc3)cc2)cc1. The van der Waals surface area contributed by atoms with Gasteiger partial charge in [-0.15, -0.1) is 0 Å². The van der Waals surface area contributed by atoms with Crippen LogP contribution in [0, 0.1) is 0 Å². The molecule has 0 aromatic heterocycles. The molecule has 0 unspecified atom stereocenters. The van der Waals surface area contributed by atoms with Crippen molar-refractivity contribution in [1.29, 1.82) is 0 Å². The van der Waals surface area contributed by atoms with E-state index >= 15 is 0 Å². The van der Waals surface area contributed by atoms with Crippen molar-refractivity contribution >= 4 is 35.7 Å². The van der Waals surface area contributed by atoms with Crippen molar-refractivity contribution in [3.63, 3.8) is 0 Å². The maximum Gasteiger partial charge on any atom is 0.330 e. The lowest BCUT2D eigenvalue weighted by molar-refractivity contribution is -0.138.